The van der Waals surface area contributed by atoms with Crippen molar-refractivity contribution in [2.75, 3.05) is 25.5 Å². The molecule has 7 nitrogen and oxygen atoms in total. The van der Waals surface area contributed by atoms with Crippen molar-refractivity contribution >= 4 is 40.6 Å². The third kappa shape index (κ3) is 5.91. The Balaban J connectivity index is 1.45. The Hall–Kier alpha value is -2.81. The highest BCUT2D eigenvalue weighted by atomic mass is 35.5. The third-order valence-electron chi connectivity index (χ3n) is 5.34. The zero-order valence-corrected chi connectivity index (χ0v) is 19.2. The summed E-state index contributed by atoms with van der Waals surface area (Å²) in [6.45, 7) is 2.00. The summed E-state index contributed by atoms with van der Waals surface area (Å²) in [6.07, 6.45) is 2.90. The highest BCUT2D eigenvalue weighted by Crippen LogP contribution is 2.28. The van der Waals surface area contributed by atoms with Crippen molar-refractivity contribution in [2.24, 2.45) is 0 Å². The van der Waals surface area contributed by atoms with Gasteiger partial charge in [-0.25, -0.2) is 4.79 Å². The van der Waals surface area contributed by atoms with Crippen molar-refractivity contribution in [1.29, 1.82) is 0 Å². The van der Waals surface area contributed by atoms with Crippen molar-refractivity contribution in [3.05, 3.63) is 70.0 Å². The second-order valence-electron chi connectivity index (χ2n) is 7.70. The number of halogens is 1. The highest BCUT2D eigenvalue weighted by Gasteiger charge is 2.24. The number of ether oxygens (including phenoxy) is 1. The first kappa shape index (κ1) is 22.4. The number of nitrogens with one attached hydrogen (secondary N) is 2. The van der Waals surface area contributed by atoms with Gasteiger partial charge in [0.2, 0.25) is 5.91 Å². The number of nitrogens with zero attached hydrogens (tertiary/aromatic N) is 1. The Kier molecular flexibility index (Phi) is 7.14. The summed E-state index contributed by atoms with van der Waals surface area (Å²) >= 11 is 7.02. The van der Waals surface area contributed by atoms with Crippen molar-refractivity contribution in [1.82, 2.24) is 10.2 Å². The average Bonchev–Trinajstić information content (AvgIpc) is 3.38. The average molecular weight is 474 g/mol. The van der Waals surface area contributed by atoms with Crippen molar-refractivity contribution < 1.29 is 18.7 Å². The number of likely N-dealkylation sites (N-methyl/N-ethyl adjacent to an activating group) is 1. The van der Waals surface area contributed by atoms with E-state index in [1.54, 1.807) is 24.3 Å². The van der Waals surface area contributed by atoms with Gasteiger partial charge in [0, 0.05) is 25.2 Å². The van der Waals surface area contributed by atoms with Crippen LogP contribution in [0.4, 0.5) is 10.5 Å². The zero-order chi connectivity index (χ0) is 22.5. The van der Waals surface area contributed by atoms with Gasteiger partial charge in [0.05, 0.1) is 10.6 Å². The van der Waals surface area contributed by atoms with Gasteiger partial charge in [-0.2, -0.15) is 0 Å². The Morgan fingerprint density at radius 3 is 2.72 bits per heavy atom. The number of thiophene rings is 1. The molecule has 9 heteroatoms. The molecule has 32 heavy (non-hydrogen) atoms. The predicted octanol–water partition coefficient (Wildman–Crippen LogP) is 4.36. The molecule has 1 aliphatic heterocycles. The van der Waals surface area contributed by atoms with Gasteiger partial charge in [0.1, 0.15) is 11.8 Å². The van der Waals surface area contributed by atoms with E-state index in [1.165, 1.54) is 17.4 Å². The molecule has 168 valence electrons. The monoisotopic (exact) mass is 473 g/mol. The van der Waals surface area contributed by atoms with Gasteiger partial charge in [-0.3, -0.25) is 4.79 Å². The summed E-state index contributed by atoms with van der Waals surface area (Å²) in [6, 6.07) is 11.8. The summed E-state index contributed by atoms with van der Waals surface area (Å²) in [5.41, 5.74) is 3.23. The lowest BCUT2D eigenvalue weighted by atomic mass is 10.0. The Morgan fingerprint density at radius 2 is 2.00 bits per heavy atom. The fourth-order valence-corrected chi connectivity index (χ4v) is 4.47. The number of benzene rings is 1. The molecule has 1 atom stereocenters. The molecular weight excluding hydrogens is 450 g/mol. The number of amides is 2. The second kappa shape index (κ2) is 10.2. The SMILES string of the molecule is CN1CCc2ccc(NC(=O)[C@@H](Cc3ccco3)NC(=O)Oc3ccc(Cl)s3)cc2CC1. The first-order chi connectivity index (χ1) is 15.5. The number of rotatable bonds is 6. The zero-order valence-electron chi connectivity index (χ0n) is 17.6. The van der Waals surface area contributed by atoms with Crippen LogP contribution in [0.5, 0.6) is 5.06 Å². The first-order valence-corrected chi connectivity index (χ1v) is 11.5. The largest absolute Gasteiger partial charge is 0.469 e. The summed E-state index contributed by atoms with van der Waals surface area (Å²) in [5, 5.41) is 5.91. The normalized spacial score (nSPS) is 14.8. The number of hydrogen-bond donors (Lipinski definition) is 2. The van der Waals surface area contributed by atoms with E-state index in [0.717, 1.165) is 37.3 Å². The predicted molar refractivity (Wildman–Crippen MR) is 125 cm³/mol. The Bertz CT molecular complexity index is 1080. The molecule has 0 fully saturated rings. The molecule has 3 heterocycles. The van der Waals surface area contributed by atoms with Crippen LogP contribution < -0.4 is 15.4 Å². The number of furan rings is 1. The molecule has 1 aromatic carbocycles. The number of carbonyl (C=O) groups excluding carboxylic acids is 2. The summed E-state index contributed by atoms with van der Waals surface area (Å²) < 4.78 is 11.1. The first-order valence-electron chi connectivity index (χ1n) is 10.3. The van der Waals surface area contributed by atoms with Gasteiger partial charge in [-0.15, -0.1) is 0 Å². The number of fused-ring (bicyclic) bond motifs is 1. The van der Waals surface area contributed by atoms with Crippen LogP contribution in [0.2, 0.25) is 4.34 Å². The molecule has 0 saturated carbocycles. The smallest absolute Gasteiger partial charge is 0.414 e. The fourth-order valence-electron chi connectivity index (χ4n) is 3.60. The summed E-state index contributed by atoms with van der Waals surface area (Å²) in [5.74, 6) is 0.225. The number of carbonyl (C=O) groups is 2. The topological polar surface area (TPSA) is 83.8 Å². The van der Waals surface area contributed by atoms with Crippen LogP contribution in [0, 0.1) is 0 Å². The standard InChI is InChI=1S/C23H24ClN3O4S/c1-27-10-8-15-4-5-17(13-16(15)9-11-27)25-22(28)19(14-18-3-2-12-30-18)26-23(29)31-21-7-6-20(24)32-21/h2-7,12-13,19H,8-11,14H2,1H3,(H,25,28)(H,26,29)/t19-/m1/s1. The number of hydrogen-bond acceptors (Lipinski definition) is 6. The molecule has 1 aliphatic rings. The van der Waals surface area contributed by atoms with Crippen LogP contribution >= 0.6 is 22.9 Å². The molecule has 2 aromatic heterocycles. The van der Waals surface area contributed by atoms with Gasteiger partial charge in [-0.05, 0) is 67.4 Å². The van der Waals surface area contributed by atoms with Gasteiger partial charge < -0.3 is 24.7 Å². The van der Waals surface area contributed by atoms with E-state index in [2.05, 4.69) is 28.6 Å². The molecule has 4 rings (SSSR count). The molecule has 3 aromatic rings. The number of anilines is 1. The van der Waals surface area contributed by atoms with Crippen LogP contribution in [-0.2, 0) is 24.1 Å². The van der Waals surface area contributed by atoms with E-state index in [-0.39, 0.29) is 12.3 Å². The minimum Gasteiger partial charge on any atom is -0.469 e. The fraction of sp³-hybridized carbons (Fsp3) is 0.304. The molecule has 2 N–H and O–H groups in total. The van der Waals surface area contributed by atoms with E-state index in [4.69, 9.17) is 20.8 Å². The summed E-state index contributed by atoms with van der Waals surface area (Å²) in [4.78, 5) is 27.8. The van der Waals surface area contributed by atoms with Gasteiger partial charge >= 0.3 is 6.09 Å². The molecule has 0 radical (unpaired) electrons. The van der Waals surface area contributed by atoms with E-state index in [9.17, 15) is 9.59 Å². The lowest BCUT2D eigenvalue weighted by molar-refractivity contribution is -0.118. The van der Waals surface area contributed by atoms with Gasteiger partial charge in [0.15, 0.2) is 5.06 Å². The molecule has 0 aliphatic carbocycles. The second-order valence-corrected chi connectivity index (χ2v) is 9.38. The molecule has 0 spiro atoms. The van der Waals surface area contributed by atoms with Crippen LogP contribution in [0.3, 0.4) is 0 Å². The maximum Gasteiger partial charge on any atom is 0.414 e. The minimum absolute atomic E-state index is 0.189. The Morgan fingerprint density at radius 1 is 1.19 bits per heavy atom. The van der Waals surface area contributed by atoms with E-state index in [1.807, 2.05) is 12.1 Å². The van der Waals surface area contributed by atoms with Crippen LogP contribution in [0.15, 0.2) is 53.1 Å². The molecule has 0 unspecified atom stereocenters. The van der Waals surface area contributed by atoms with Crippen LogP contribution in [-0.4, -0.2) is 43.1 Å². The van der Waals surface area contributed by atoms with Crippen molar-refractivity contribution in [2.45, 2.75) is 25.3 Å². The maximum atomic E-state index is 13.1. The highest BCUT2D eigenvalue weighted by molar-refractivity contribution is 7.17. The van der Waals surface area contributed by atoms with E-state index in [0.29, 0.717) is 20.8 Å². The van der Waals surface area contributed by atoms with Crippen LogP contribution in [0.1, 0.15) is 16.9 Å². The van der Waals surface area contributed by atoms with E-state index < -0.39 is 12.1 Å². The molecule has 2 amide bonds. The lowest BCUT2D eigenvalue weighted by Gasteiger charge is -2.18. The van der Waals surface area contributed by atoms with Crippen LogP contribution in [0.25, 0.3) is 0 Å². The van der Waals surface area contributed by atoms with Gasteiger partial charge in [0.25, 0.3) is 0 Å². The molecule has 0 bridgehead atoms. The van der Waals surface area contributed by atoms with Crippen molar-refractivity contribution in [3.63, 3.8) is 0 Å². The lowest BCUT2D eigenvalue weighted by Crippen LogP contribution is -2.46. The molecular formula is C23H24ClN3O4S. The van der Waals surface area contributed by atoms with Gasteiger partial charge in [-0.1, -0.05) is 29.0 Å². The molecule has 0 saturated heterocycles. The summed E-state index contributed by atoms with van der Waals surface area (Å²) in [7, 11) is 2.11. The third-order valence-corrected chi connectivity index (χ3v) is 6.44. The Labute approximate surface area is 195 Å². The maximum absolute atomic E-state index is 13.1. The van der Waals surface area contributed by atoms with Crippen molar-refractivity contribution in [3.8, 4) is 5.06 Å². The minimum atomic E-state index is -0.881. The van der Waals surface area contributed by atoms with E-state index >= 15 is 0 Å². The quantitative estimate of drug-likeness (QED) is 0.555.